The number of likely N-dealkylation sites (N-methyl/N-ethyl adjacent to an activating group) is 1. The van der Waals surface area contributed by atoms with Gasteiger partial charge < -0.3 is 10.6 Å². The smallest absolute Gasteiger partial charge is 0.0314 e. The van der Waals surface area contributed by atoms with E-state index in [9.17, 15) is 0 Å². The lowest BCUT2D eigenvalue weighted by Gasteiger charge is -2.42. The second kappa shape index (κ2) is 6.77. The van der Waals surface area contributed by atoms with Gasteiger partial charge in [-0.1, -0.05) is 12.1 Å². The molecule has 0 amide bonds. The number of rotatable bonds is 3. The quantitative estimate of drug-likeness (QED) is 0.855. The molecule has 2 N–H and O–H groups in total. The van der Waals surface area contributed by atoms with Gasteiger partial charge in [0.05, 0.1) is 0 Å². The Labute approximate surface area is 128 Å². The van der Waals surface area contributed by atoms with Crippen LogP contribution in [0.4, 0.5) is 5.69 Å². The zero-order chi connectivity index (χ0) is 14.7. The molecule has 0 bridgehead atoms. The zero-order valence-electron chi connectivity index (χ0n) is 13.2. The van der Waals surface area contributed by atoms with Gasteiger partial charge in [0, 0.05) is 44.5 Å². The molecule has 0 radical (unpaired) electrons. The maximum Gasteiger partial charge on any atom is 0.0314 e. The summed E-state index contributed by atoms with van der Waals surface area (Å²) in [5.41, 5.74) is 7.98. The second-order valence-electron chi connectivity index (χ2n) is 6.59. The lowest BCUT2D eigenvalue weighted by atomic mass is 10.0. The Morgan fingerprint density at radius 3 is 2.19 bits per heavy atom. The molecule has 0 spiro atoms. The Hall–Kier alpha value is -1.10. The highest BCUT2D eigenvalue weighted by Gasteiger charge is 2.26. The first kappa shape index (κ1) is 14.8. The third-order valence-corrected chi connectivity index (χ3v) is 5.00. The van der Waals surface area contributed by atoms with Crippen LogP contribution in [0.2, 0.25) is 0 Å². The number of nitrogens with zero attached hydrogens (tertiary/aromatic N) is 3. The van der Waals surface area contributed by atoms with Crippen molar-refractivity contribution in [2.75, 3.05) is 52.0 Å². The van der Waals surface area contributed by atoms with E-state index in [-0.39, 0.29) is 0 Å². The van der Waals surface area contributed by atoms with Crippen molar-refractivity contribution in [2.24, 2.45) is 0 Å². The van der Waals surface area contributed by atoms with E-state index in [1.165, 1.54) is 57.7 Å². The number of piperazine rings is 1. The van der Waals surface area contributed by atoms with Gasteiger partial charge in [-0.05, 0) is 50.7 Å². The molecule has 2 aliphatic heterocycles. The summed E-state index contributed by atoms with van der Waals surface area (Å²) in [4.78, 5) is 7.73. The van der Waals surface area contributed by atoms with Gasteiger partial charge in [-0.25, -0.2) is 0 Å². The first-order valence-electron chi connectivity index (χ1n) is 8.20. The van der Waals surface area contributed by atoms with Crippen LogP contribution in [0, 0.1) is 0 Å². The lowest BCUT2D eigenvalue weighted by Crippen LogP contribution is -2.52. The molecular formula is C17H28N4. The van der Waals surface area contributed by atoms with Gasteiger partial charge in [-0.2, -0.15) is 0 Å². The number of hydrogen-bond acceptors (Lipinski definition) is 4. The fourth-order valence-corrected chi connectivity index (χ4v) is 3.51. The fraction of sp³-hybridized carbons (Fsp3) is 0.647. The molecule has 3 rings (SSSR count). The molecule has 1 aromatic carbocycles. The van der Waals surface area contributed by atoms with Crippen LogP contribution in [-0.2, 0) is 6.54 Å². The number of nitrogens with two attached hydrogens (primary N) is 1. The van der Waals surface area contributed by atoms with Crippen molar-refractivity contribution in [1.29, 1.82) is 0 Å². The van der Waals surface area contributed by atoms with Crippen molar-refractivity contribution in [3.63, 3.8) is 0 Å². The van der Waals surface area contributed by atoms with E-state index >= 15 is 0 Å². The molecule has 0 aromatic heterocycles. The average Bonchev–Trinajstić information content (AvgIpc) is 2.51. The molecular weight excluding hydrogens is 260 g/mol. The first-order chi connectivity index (χ1) is 10.2. The third kappa shape index (κ3) is 3.96. The van der Waals surface area contributed by atoms with Gasteiger partial charge >= 0.3 is 0 Å². The van der Waals surface area contributed by atoms with E-state index in [0.29, 0.717) is 0 Å². The first-order valence-corrected chi connectivity index (χ1v) is 8.20. The van der Waals surface area contributed by atoms with Crippen LogP contribution in [-0.4, -0.2) is 67.1 Å². The number of nitrogen functional groups attached to an aromatic ring is 1. The maximum absolute atomic E-state index is 5.75. The Morgan fingerprint density at radius 1 is 0.952 bits per heavy atom. The number of likely N-dealkylation sites (tertiary alicyclic amines) is 1. The van der Waals surface area contributed by atoms with Crippen molar-refractivity contribution < 1.29 is 0 Å². The van der Waals surface area contributed by atoms with Crippen LogP contribution in [0.5, 0.6) is 0 Å². The minimum atomic E-state index is 0.807. The summed E-state index contributed by atoms with van der Waals surface area (Å²) in [6, 6.07) is 9.13. The Morgan fingerprint density at radius 2 is 1.57 bits per heavy atom. The minimum Gasteiger partial charge on any atom is -0.399 e. The molecule has 0 atom stereocenters. The van der Waals surface area contributed by atoms with E-state index in [4.69, 9.17) is 5.73 Å². The van der Waals surface area contributed by atoms with Gasteiger partial charge in [0.1, 0.15) is 0 Å². The summed E-state index contributed by atoms with van der Waals surface area (Å²) in [6.07, 6.45) is 2.64. The number of piperidine rings is 1. The highest BCUT2D eigenvalue weighted by molar-refractivity contribution is 5.39. The highest BCUT2D eigenvalue weighted by Crippen LogP contribution is 2.20. The Balaban J connectivity index is 1.45. The molecule has 2 heterocycles. The average molecular weight is 288 g/mol. The second-order valence-corrected chi connectivity index (χ2v) is 6.59. The van der Waals surface area contributed by atoms with Crippen LogP contribution < -0.4 is 5.73 Å². The molecule has 0 saturated carbocycles. The van der Waals surface area contributed by atoms with Crippen molar-refractivity contribution in [1.82, 2.24) is 14.7 Å². The molecule has 4 nitrogen and oxygen atoms in total. The SMILES string of the molecule is CN1CCN(C2CCN(Cc3ccc(N)cc3)CC2)CC1. The van der Waals surface area contributed by atoms with Crippen LogP contribution >= 0.6 is 0 Å². The van der Waals surface area contributed by atoms with Crippen LogP contribution in [0.25, 0.3) is 0 Å². The molecule has 2 saturated heterocycles. The molecule has 116 valence electrons. The molecule has 21 heavy (non-hydrogen) atoms. The molecule has 0 aliphatic carbocycles. The standard InChI is InChI=1S/C17H28N4/c1-19-10-12-21(13-11-19)17-6-8-20(9-7-17)14-15-2-4-16(18)5-3-15/h2-5,17H,6-14,18H2,1H3. The van der Waals surface area contributed by atoms with Gasteiger partial charge in [0.15, 0.2) is 0 Å². The predicted molar refractivity (Wildman–Crippen MR) is 88.2 cm³/mol. The van der Waals surface area contributed by atoms with Crippen molar-refractivity contribution >= 4 is 5.69 Å². The highest BCUT2D eigenvalue weighted by atomic mass is 15.3. The summed E-state index contributed by atoms with van der Waals surface area (Å²) < 4.78 is 0. The summed E-state index contributed by atoms with van der Waals surface area (Å²) >= 11 is 0. The van der Waals surface area contributed by atoms with E-state index in [1.807, 2.05) is 12.1 Å². The van der Waals surface area contributed by atoms with Crippen LogP contribution in [0.15, 0.2) is 24.3 Å². The largest absolute Gasteiger partial charge is 0.399 e. The summed E-state index contributed by atoms with van der Waals surface area (Å²) in [5, 5.41) is 0. The van der Waals surface area contributed by atoms with Crippen LogP contribution in [0.3, 0.4) is 0 Å². The number of anilines is 1. The maximum atomic E-state index is 5.75. The topological polar surface area (TPSA) is 35.7 Å². The Kier molecular flexibility index (Phi) is 4.78. The zero-order valence-corrected chi connectivity index (χ0v) is 13.2. The molecule has 4 heteroatoms. The molecule has 1 aromatic rings. The summed E-state index contributed by atoms with van der Waals surface area (Å²) in [5.74, 6) is 0. The van der Waals surface area contributed by atoms with E-state index in [2.05, 4.69) is 33.9 Å². The van der Waals surface area contributed by atoms with E-state index < -0.39 is 0 Å². The summed E-state index contributed by atoms with van der Waals surface area (Å²) in [7, 11) is 2.23. The molecule has 2 aliphatic rings. The molecule has 2 fully saturated rings. The van der Waals surface area contributed by atoms with Crippen molar-refractivity contribution in [2.45, 2.75) is 25.4 Å². The predicted octanol–water partition coefficient (Wildman–Crippen LogP) is 1.48. The van der Waals surface area contributed by atoms with Crippen LogP contribution in [0.1, 0.15) is 18.4 Å². The number of hydrogen-bond donors (Lipinski definition) is 1. The van der Waals surface area contributed by atoms with Crippen molar-refractivity contribution in [3.8, 4) is 0 Å². The van der Waals surface area contributed by atoms with Crippen molar-refractivity contribution in [3.05, 3.63) is 29.8 Å². The van der Waals surface area contributed by atoms with Gasteiger partial charge in [-0.15, -0.1) is 0 Å². The van der Waals surface area contributed by atoms with Gasteiger partial charge in [0.2, 0.25) is 0 Å². The summed E-state index contributed by atoms with van der Waals surface area (Å²) in [6.45, 7) is 8.47. The lowest BCUT2D eigenvalue weighted by molar-refractivity contribution is 0.0658. The normalized spacial score (nSPS) is 23.5. The van der Waals surface area contributed by atoms with Gasteiger partial charge in [-0.3, -0.25) is 9.80 Å². The molecule has 0 unspecified atom stereocenters. The van der Waals surface area contributed by atoms with Gasteiger partial charge in [0.25, 0.3) is 0 Å². The fourth-order valence-electron chi connectivity index (χ4n) is 3.51. The van der Waals surface area contributed by atoms with E-state index in [1.54, 1.807) is 0 Å². The van der Waals surface area contributed by atoms with E-state index in [0.717, 1.165) is 18.3 Å². The number of benzene rings is 1. The third-order valence-electron chi connectivity index (χ3n) is 5.00. The monoisotopic (exact) mass is 288 g/mol. The minimum absolute atomic E-state index is 0.807. The Bertz CT molecular complexity index is 429.